The van der Waals surface area contributed by atoms with Gasteiger partial charge in [0.1, 0.15) is 0 Å². The third-order valence-electron chi connectivity index (χ3n) is 5.56. The largest absolute Gasteiger partial charge is 0.393 e. The van der Waals surface area contributed by atoms with Crippen LogP contribution in [-0.2, 0) is 0 Å². The summed E-state index contributed by atoms with van der Waals surface area (Å²) < 4.78 is 0. The highest BCUT2D eigenvalue weighted by Gasteiger charge is 2.47. The summed E-state index contributed by atoms with van der Waals surface area (Å²) in [5, 5.41) is 13.4. The van der Waals surface area contributed by atoms with Gasteiger partial charge in [-0.3, -0.25) is 0 Å². The van der Waals surface area contributed by atoms with E-state index in [4.69, 9.17) is 0 Å². The summed E-state index contributed by atoms with van der Waals surface area (Å²) >= 11 is 0. The molecule has 2 nitrogen and oxygen atoms in total. The molecule has 0 spiro atoms. The van der Waals surface area contributed by atoms with Crippen molar-refractivity contribution < 1.29 is 5.11 Å². The Bertz CT molecular complexity index is 238. The van der Waals surface area contributed by atoms with Gasteiger partial charge in [-0.2, -0.15) is 0 Å². The van der Waals surface area contributed by atoms with Gasteiger partial charge in [-0.15, -0.1) is 0 Å². The number of hydrogen-bond donors (Lipinski definition) is 2. The summed E-state index contributed by atoms with van der Waals surface area (Å²) in [5.41, 5.74) is 0. The fraction of sp³-hybridized carbons (Fsp3) is 1.00. The van der Waals surface area contributed by atoms with Crippen LogP contribution in [0.25, 0.3) is 0 Å². The molecule has 0 aromatic heterocycles. The minimum atomic E-state index is -0.0978. The van der Waals surface area contributed by atoms with E-state index in [9.17, 15) is 5.11 Å². The third kappa shape index (κ3) is 2.39. The Hall–Kier alpha value is -0.0800. The molecular weight excluding hydrogens is 210 g/mol. The second-order valence-corrected chi connectivity index (χ2v) is 6.76. The predicted octanol–water partition coefficient (Wildman–Crippen LogP) is 2.56. The highest BCUT2D eigenvalue weighted by Crippen LogP contribution is 2.53. The Morgan fingerprint density at radius 2 is 1.65 bits per heavy atom. The van der Waals surface area contributed by atoms with Crippen molar-refractivity contribution in [3.05, 3.63) is 0 Å². The summed E-state index contributed by atoms with van der Waals surface area (Å²) in [7, 11) is 0. The zero-order valence-corrected chi connectivity index (χ0v) is 11.1. The lowest BCUT2D eigenvalue weighted by molar-refractivity contribution is -0.0146. The quantitative estimate of drug-likeness (QED) is 0.770. The van der Waals surface area contributed by atoms with E-state index < -0.39 is 0 Å². The average molecular weight is 237 g/mol. The molecule has 0 aromatic carbocycles. The van der Waals surface area contributed by atoms with Gasteiger partial charge in [0.2, 0.25) is 0 Å². The first-order valence-electron chi connectivity index (χ1n) is 7.67. The number of aliphatic hydroxyl groups is 1. The van der Waals surface area contributed by atoms with Gasteiger partial charge >= 0.3 is 0 Å². The van der Waals surface area contributed by atoms with Crippen molar-refractivity contribution in [3.8, 4) is 0 Å². The Labute approximate surface area is 105 Å². The molecule has 4 fully saturated rings. The van der Waals surface area contributed by atoms with Crippen molar-refractivity contribution in [3.63, 3.8) is 0 Å². The van der Waals surface area contributed by atoms with Gasteiger partial charge in [0.25, 0.3) is 0 Å². The van der Waals surface area contributed by atoms with Crippen LogP contribution in [0.4, 0.5) is 0 Å². The van der Waals surface area contributed by atoms with E-state index in [0.717, 1.165) is 49.1 Å². The molecule has 0 aliphatic heterocycles. The molecule has 2 heteroatoms. The van der Waals surface area contributed by atoms with Crippen LogP contribution >= 0.6 is 0 Å². The Balaban J connectivity index is 1.51. The van der Waals surface area contributed by atoms with Gasteiger partial charge in [0.15, 0.2) is 0 Å². The van der Waals surface area contributed by atoms with Crippen LogP contribution in [0.2, 0.25) is 0 Å². The normalized spacial score (nSPS) is 45.2. The Morgan fingerprint density at radius 3 is 2.18 bits per heavy atom. The lowest BCUT2D eigenvalue weighted by Crippen LogP contribution is -2.54. The van der Waals surface area contributed by atoms with E-state index in [0.29, 0.717) is 0 Å². The first-order valence-corrected chi connectivity index (χ1v) is 7.67. The van der Waals surface area contributed by atoms with E-state index >= 15 is 0 Å². The van der Waals surface area contributed by atoms with Gasteiger partial charge in [0.05, 0.1) is 6.10 Å². The van der Waals surface area contributed by atoms with E-state index in [1.807, 2.05) is 0 Å². The molecule has 0 radical (unpaired) electrons. The van der Waals surface area contributed by atoms with Crippen LogP contribution in [-0.4, -0.2) is 23.8 Å². The van der Waals surface area contributed by atoms with Crippen LogP contribution in [0.5, 0.6) is 0 Å². The topological polar surface area (TPSA) is 32.3 Å². The van der Waals surface area contributed by atoms with Gasteiger partial charge < -0.3 is 10.4 Å². The summed E-state index contributed by atoms with van der Waals surface area (Å²) in [5.74, 6) is 4.06. The Kier molecular flexibility index (Phi) is 3.45. The third-order valence-corrected chi connectivity index (χ3v) is 5.56. The average Bonchev–Trinajstić information content (AvgIpc) is 2.31. The van der Waals surface area contributed by atoms with Gasteiger partial charge in [0, 0.05) is 6.04 Å². The molecule has 4 aliphatic carbocycles. The van der Waals surface area contributed by atoms with Crippen molar-refractivity contribution in [1.29, 1.82) is 0 Å². The monoisotopic (exact) mass is 237 g/mol. The molecule has 4 rings (SSSR count). The molecule has 4 aliphatic rings. The first kappa shape index (κ1) is 12.0. The molecule has 0 saturated heterocycles. The van der Waals surface area contributed by atoms with E-state index in [2.05, 4.69) is 12.2 Å². The molecule has 0 aromatic rings. The van der Waals surface area contributed by atoms with E-state index in [-0.39, 0.29) is 6.10 Å². The Morgan fingerprint density at radius 1 is 1.06 bits per heavy atom. The van der Waals surface area contributed by atoms with Crippen LogP contribution in [0.3, 0.4) is 0 Å². The number of nitrogens with one attached hydrogen (secondary N) is 1. The zero-order chi connectivity index (χ0) is 11.8. The maximum atomic E-state index is 9.60. The van der Waals surface area contributed by atoms with Crippen molar-refractivity contribution in [2.24, 2.45) is 23.7 Å². The lowest BCUT2D eigenvalue weighted by Gasteiger charge is -2.54. The molecular formula is C15H27NO. The summed E-state index contributed by atoms with van der Waals surface area (Å²) in [4.78, 5) is 0. The van der Waals surface area contributed by atoms with Crippen LogP contribution < -0.4 is 5.32 Å². The molecule has 0 heterocycles. The van der Waals surface area contributed by atoms with Crippen molar-refractivity contribution in [1.82, 2.24) is 5.32 Å². The fourth-order valence-electron chi connectivity index (χ4n) is 4.88. The number of aliphatic hydroxyl groups excluding tert-OH is 1. The predicted molar refractivity (Wildman–Crippen MR) is 69.8 cm³/mol. The molecule has 1 atom stereocenters. The number of hydrogen-bond acceptors (Lipinski definition) is 2. The van der Waals surface area contributed by atoms with E-state index in [1.54, 1.807) is 0 Å². The van der Waals surface area contributed by atoms with Gasteiger partial charge in [-0.1, -0.05) is 6.92 Å². The van der Waals surface area contributed by atoms with Gasteiger partial charge in [-0.05, 0) is 75.2 Å². The van der Waals surface area contributed by atoms with Crippen molar-refractivity contribution >= 4 is 0 Å². The minimum Gasteiger partial charge on any atom is -0.393 e. The maximum Gasteiger partial charge on any atom is 0.0549 e. The first-order chi connectivity index (χ1) is 8.26. The zero-order valence-electron chi connectivity index (χ0n) is 11.1. The fourth-order valence-corrected chi connectivity index (χ4v) is 4.88. The summed E-state index contributed by atoms with van der Waals surface area (Å²) in [6.07, 6.45) is 9.21. The number of rotatable bonds is 5. The summed E-state index contributed by atoms with van der Waals surface area (Å²) in [6, 6.07) is 0.784. The SMILES string of the molecule is CCC(O)CCNC1C2CC3CC(C2)CC1C3. The van der Waals surface area contributed by atoms with Crippen LogP contribution in [0, 0.1) is 23.7 Å². The summed E-state index contributed by atoms with van der Waals surface area (Å²) in [6.45, 7) is 3.08. The molecule has 0 amide bonds. The second-order valence-electron chi connectivity index (χ2n) is 6.76. The molecule has 17 heavy (non-hydrogen) atoms. The minimum absolute atomic E-state index is 0.0978. The van der Waals surface area contributed by atoms with Crippen molar-refractivity contribution in [2.75, 3.05) is 6.54 Å². The van der Waals surface area contributed by atoms with Gasteiger partial charge in [-0.25, -0.2) is 0 Å². The molecule has 2 N–H and O–H groups in total. The van der Waals surface area contributed by atoms with Crippen LogP contribution in [0.1, 0.15) is 51.9 Å². The highest BCUT2D eigenvalue weighted by atomic mass is 16.3. The highest BCUT2D eigenvalue weighted by molar-refractivity contribution is 5.01. The van der Waals surface area contributed by atoms with E-state index in [1.165, 1.54) is 32.1 Å². The molecule has 98 valence electrons. The molecule has 1 unspecified atom stereocenters. The maximum absolute atomic E-state index is 9.60. The second kappa shape index (κ2) is 4.89. The molecule has 4 bridgehead atoms. The van der Waals surface area contributed by atoms with Crippen LogP contribution in [0.15, 0.2) is 0 Å². The standard InChI is InChI=1S/C15H27NO/c1-2-14(17)3-4-16-15-12-6-10-5-11(8-12)9-13(15)7-10/h10-17H,2-9H2,1H3. The lowest BCUT2D eigenvalue weighted by atomic mass is 9.54. The smallest absolute Gasteiger partial charge is 0.0549 e. The van der Waals surface area contributed by atoms with Crippen molar-refractivity contribution in [2.45, 2.75) is 64.0 Å². The molecule has 4 saturated carbocycles.